The quantitative estimate of drug-likeness (QED) is 0.730. The van der Waals surface area contributed by atoms with E-state index >= 15 is 0 Å². The van der Waals surface area contributed by atoms with E-state index in [1.165, 1.54) is 0 Å². The van der Waals surface area contributed by atoms with Crippen molar-refractivity contribution in [3.05, 3.63) is 47.9 Å². The molecule has 3 rings (SSSR count). The second kappa shape index (κ2) is 6.88. The van der Waals surface area contributed by atoms with Crippen molar-refractivity contribution in [2.75, 3.05) is 18.6 Å². The van der Waals surface area contributed by atoms with Crippen LogP contribution in [0, 0.1) is 18.8 Å². The van der Waals surface area contributed by atoms with Crippen LogP contribution < -0.4 is 10.6 Å². The molecule has 0 saturated heterocycles. The minimum Gasteiger partial charge on any atom is -0.437 e. The number of benzene rings is 1. The van der Waals surface area contributed by atoms with Gasteiger partial charge in [-0.3, -0.25) is 0 Å². The number of nitrogens with two attached hydrogens (primary N) is 1. The summed E-state index contributed by atoms with van der Waals surface area (Å²) in [5.74, 6) is 6.81. The molecule has 1 aromatic carbocycles. The van der Waals surface area contributed by atoms with Gasteiger partial charge >= 0.3 is 6.09 Å². The molecule has 0 atom stereocenters. The van der Waals surface area contributed by atoms with Gasteiger partial charge in [-0.2, -0.15) is 14.6 Å². The maximum absolute atomic E-state index is 10.6. The average Bonchev–Trinajstić information content (AvgIpc) is 3.01. The standard InChI is InChI=1S/C17H16N6O2/c1-12-20-15-13(7-6-10-25-16(18)24)11-19-23(15)17(21-12)22(2)14-8-4-3-5-9-14/h3-5,8-9,11H,10H2,1-2H3,(H2,18,24). The van der Waals surface area contributed by atoms with Crippen LogP contribution in [0.15, 0.2) is 36.5 Å². The number of ether oxygens (including phenoxy) is 1. The molecular formula is C17H16N6O2. The van der Waals surface area contributed by atoms with Crippen molar-refractivity contribution in [3.63, 3.8) is 0 Å². The summed E-state index contributed by atoms with van der Waals surface area (Å²) < 4.78 is 6.22. The first-order valence-corrected chi connectivity index (χ1v) is 7.48. The van der Waals surface area contributed by atoms with Crippen molar-refractivity contribution in [1.82, 2.24) is 19.6 Å². The van der Waals surface area contributed by atoms with Crippen LogP contribution in [0.5, 0.6) is 0 Å². The molecule has 0 aliphatic carbocycles. The monoisotopic (exact) mass is 336 g/mol. The normalized spacial score (nSPS) is 10.2. The van der Waals surface area contributed by atoms with Crippen LogP contribution >= 0.6 is 0 Å². The van der Waals surface area contributed by atoms with E-state index in [2.05, 4.69) is 31.6 Å². The van der Waals surface area contributed by atoms with Crippen LogP contribution in [0.1, 0.15) is 11.4 Å². The van der Waals surface area contributed by atoms with Crippen LogP contribution in [0.4, 0.5) is 16.4 Å². The number of para-hydroxylation sites is 1. The van der Waals surface area contributed by atoms with E-state index in [0.717, 1.165) is 5.69 Å². The SMILES string of the molecule is Cc1nc(N(C)c2ccccc2)n2ncc(C#CCOC(N)=O)c2n1. The average molecular weight is 336 g/mol. The lowest BCUT2D eigenvalue weighted by atomic mass is 10.3. The Labute approximate surface area is 144 Å². The van der Waals surface area contributed by atoms with E-state index in [-0.39, 0.29) is 6.61 Å². The third-order valence-electron chi connectivity index (χ3n) is 3.42. The Morgan fingerprint density at radius 1 is 1.32 bits per heavy atom. The topological polar surface area (TPSA) is 98.6 Å². The summed E-state index contributed by atoms with van der Waals surface area (Å²) in [4.78, 5) is 21.4. The van der Waals surface area contributed by atoms with Crippen molar-refractivity contribution < 1.29 is 9.53 Å². The summed E-state index contributed by atoms with van der Waals surface area (Å²) in [6.07, 6.45) is 0.738. The molecule has 0 unspecified atom stereocenters. The highest BCUT2D eigenvalue weighted by Gasteiger charge is 2.14. The molecule has 2 N–H and O–H groups in total. The summed E-state index contributed by atoms with van der Waals surface area (Å²) >= 11 is 0. The van der Waals surface area contributed by atoms with E-state index in [1.54, 1.807) is 10.7 Å². The number of hydrogen-bond donors (Lipinski definition) is 1. The van der Waals surface area contributed by atoms with Gasteiger partial charge in [-0.05, 0) is 19.1 Å². The highest BCUT2D eigenvalue weighted by Crippen LogP contribution is 2.22. The fraction of sp³-hybridized carbons (Fsp3) is 0.176. The smallest absolute Gasteiger partial charge is 0.405 e. The van der Waals surface area contributed by atoms with Gasteiger partial charge in [0.25, 0.3) is 0 Å². The van der Waals surface area contributed by atoms with Crippen molar-refractivity contribution in [2.24, 2.45) is 5.73 Å². The summed E-state index contributed by atoms with van der Waals surface area (Å²) in [5, 5.41) is 4.34. The zero-order valence-electron chi connectivity index (χ0n) is 13.8. The Bertz CT molecular complexity index is 971. The lowest BCUT2D eigenvalue weighted by Crippen LogP contribution is -2.17. The van der Waals surface area contributed by atoms with Gasteiger partial charge in [0.05, 0.1) is 11.8 Å². The summed E-state index contributed by atoms with van der Waals surface area (Å²) in [6, 6.07) is 9.82. The highest BCUT2D eigenvalue weighted by molar-refractivity contribution is 5.65. The molecule has 3 aromatic rings. The highest BCUT2D eigenvalue weighted by atomic mass is 16.5. The number of amides is 1. The zero-order chi connectivity index (χ0) is 17.8. The number of aryl methyl sites for hydroxylation is 1. The molecule has 0 fully saturated rings. The van der Waals surface area contributed by atoms with E-state index in [9.17, 15) is 4.79 Å². The van der Waals surface area contributed by atoms with Crippen molar-refractivity contribution in [2.45, 2.75) is 6.92 Å². The molecule has 8 heteroatoms. The second-order valence-electron chi connectivity index (χ2n) is 5.17. The molecule has 0 spiro atoms. The molecule has 0 saturated carbocycles. The number of primary amides is 1. The van der Waals surface area contributed by atoms with Crippen molar-refractivity contribution >= 4 is 23.4 Å². The van der Waals surface area contributed by atoms with Gasteiger partial charge in [-0.1, -0.05) is 30.0 Å². The Balaban J connectivity index is 2.00. The molecule has 25 heavy (non-hydrogen) atoms. The molecule has 1 amide bonds. The lowest BCUT2D eigenvalue weighted by Gasteiger charge is -2.18. The van der Waals surface area contributed by atoms with Crippen LogP contribution in [0.2, 0.25) is 0 Å². The number of fused-ring (bicyclic) bond motifs is 1. The summed E-state index contributed by atoms with van der Waals surface area (Å²) in [7, 11) is 1.91. The predicted octanol–water partition coefficient (Wildman–Crippen LogP) is 1.65. The van der Waals surface area contributed by atoms with Crippen LogP contribution in [-0.2, 0) is 4.74 Å². The van der Waals surface area contributed by atoms with Gasteiger partial charge in [-0.15, -0.1) is 0 Å². The molecule has 2 aromatic heterocycles. The lowest BCUT2D eigenvalue weighted by molar-refractivity contribution is 0.171. The number of carbonyl (C=O) groups is 1. The molecule has 0 aliphatic rings. The fourth-order valence-electron chi connectivity index (χ4n) is 2.28. The Morgan fingerprint density at radius 3 is 2.80 bits per heavy atom. The first-order chi connectivity index (χ1) is 12.1. The maximum Gasteiger partial charge on any atom is 0.405 e. The van der Waals surface area contributed by atoms with Gasteiger partial charge in [-0.25, -0.2) is 9.78 Å². The van der Waals surface area contributed by atoms with E-state index in [0.29, 0.717) is 23.0 Å². The Hall–Kier alpha value is -3.60. The molecular weight excluding hydrogens is 320 g/mol. The minimum absolute atomic E-state index is 0.0898. The maximum atomic E-state index is 10.6. The molecule has 126 valence electrons. The van der Waals surface area contributed by atoms with Crippen LogP contribution in [0.3, 0.4) is 0 Å². The number of hydrogen-bond acceptors (Lipinski definition) is 6. The van der Waals surface area contributed by atoms with Crippen LogP contribution in [-0.4, -0.2) is 39.3 Å². The van der Waals surface area contributed by atoms with Gasteiger partial charge in [0.15, 0.2) is 12.3 Å². The third-order valence-corrected chi connectivity index (χ3v) is 3.42. The van der Waals surface area contributed by atoms with E-state index in [1.807, 2.05) is 49.2 Å². The van der Waals surface area contributed by atoms with Gasteiger partial charge in [0.2, 0.25) is 5.95 Å². The number of carbonyl (C=O) groups excluding carboxylic acids is 1. The second-order valence-corrected chi connectivity index (χ2v) is 5.17. The van der Waals surface area contributed by atoms with E-state index < -0.39 is 6.09 Å². The molecule has 0 radical (unpaired) electrons. The largest absolute Gasteiger partial charge is 0.437 e. The summed E-state index contributed by atoms with van der Waals surface area (Å²) in [6.45, 7) is 1.72. The van der Waals surface area contributed by atoms with Crippen molar-refractivity contribution in [3.8, 4) is 11.8 Å². The first-order valence-electron chi connectivity index (χ1n) is 7.48. The third kappa shape index (κ3) is 3.50. The number of rotatable bonds is 3. The summed E-state index contributed by atoms with van der Waals surface area (Å²) in [5.41, 5.74) is 7.06. The fourth-order valence-corrected chi connectivity index (χ4v) is 2.28. The predicted molar refractivity (Wildman–Crippen MR) is 92.4 cm³/mol. The molecule has 0 bridgehead atoms. The zero-order valence-corrected chi connectivity index (χ0v) is 13.8. The minimum atomic E-state index is -0.862. The number of aromatic nitrogens is 4. The van der Waals surface area contributed by atoms with Crippen molar-refractivity contribution in [1.29, 1.82) is 0 Å². The number of anilines is 2. The number of nitrogens with zero attached hydrogens (tertiary/aromatic N) is 5. The first kappa shape index (κ1) is 16.3. The van der Waals surface area contributed by atoms with Crippen LogP contribution in [0.25, 0.3) is 5.65 Å². The molecule has 2 heterocycles. The van der Waals surface area contributed by atoms with Gasteiger partial charge in [0.1, 0.15) is 5.82 Å². The Kier molecular flexibility index (Phi) is 4.48. The van der Waals surface area contributed by atoms with Gasteiger partial charge < -0.3 is 15.4 Å². The molecule has 0 aliphatic heterocycles. The Morgan fingerprint density at radius 2 is 2.08 bits per heavy atom. The van der Waals surface area contributed by atoms with E-state index in [4.69, 9.17) is 5.73 Å². The van der Waals surface area contributed by atoms with Gasteiger partial charge in [0, 0.05) is 12.7 Å². The molecule has 8 nitrogen and oxygen atoms in total.